The zero-order valence-corrected chi connectivity index (χ0v) is 17.0. The van der Waals surface area contributed by atoms with Crippen LogP contribution < -0.4 is 4.74 Å². The zero-order valence-electron chi connectivity index (χ0n) is 17.0. The second-order valence-electron chi connectivity index (χ2n) is 6.47. The van der Waals surface area contributed by atoms with Crippen molar-refractivity contribution in [2.24, 2.45) is 0 Å². The second-order valence-corrected chi connectivity index (χ2v) is 6.47. The van der Waals surface area contributed by atoms with Crippen LogP contribution in [-0.4, -0.2) is 48.7 Å². The van der Waals surface area contributed by atoms with Crippen molar-refractivity contribution >= 4 is 11.9 Å². The highest BCUT2D eigenvalue weighted by Crippen LogP contribution is 2.27. The molecule has 0 aliphatic carbocycles. The molecule has 0 saturated carbocycles. The molecule has 172 valence electrons. The van der Waals surface area contributed by atoms with Crippen molar-refractivity contribution in [3.8, 4) is 16.9 Å². The predicted molar refractivity (Wildman–Crippen MR) is 106 cm³/mol. The van der Waals surface area contributed by atoms with Crippen LogP contribution in [0.15, 0.2) is 36.8 Å². The van der Waals surface area contributed by atoms with Crippen LogP contribution in [0.3, 0.4) is 0 Å². The number of nitrogens with one attached hydrogen (secondary N) is 1. The summed E-state index contributed by atoms with van der Waals surface area (Å²) in [5, 5.41) is 27.0. The smallest absolute Gasteiger partial charge is 0.387 e. The molecule has 0 unspecified atom stereocenters. The fraction of sp³-hybridized carbons (Fsp3) is 0.300. The summed E-state index contributed by atoms with van der Waals surface area (Å²) in [6.07, 6.45) is 5.37. The van der Waals surface area contributed by atoms with Crippen LogP contribution >= 0.6 is 0 Å². The van der Waals surface area contributed by atoms with Crippen molar-refractivity contribution in [1.29, 1.82) is 0 Å². The van der Waals surface area contributed by atoms with Crippen LogP contribution in [0.2, 0.25) is 0 Å². The standard InChI is InChI=1S/C16H15F3N4O.C4H6O4/c1-2-10-6-20-22-14(10)9-23-8-12(7-21-23)11-3-4-13(17)15(5-11)24-16(18)19;5-3(6)1-2-4(7)8/h3-8,16H,2,9H2,1H3,(H,20,22);1-2H2,(H,5,6)(H,7,8). The SMILES string of the molecule is CCc1cn[nH]c1Cn1cc(-c2ccc(F)c(OC(F)F)c2)cn1.O=C(O)CCC(=O)O. The normalized spacial score (nSPS) is 10.5. The van der Waals surface area contributed by atoms with Crippen molar-refractivity contribution in [3.63, 3.8) is 0 Å². The van der Waals surface area contributed by atoms with Gasteiger partial charge in [-0.05, 0) is 29.7 Å². The van der Waals surface area contributed by atoms with Gasteiger partial charge in [-0.2, -0.15) is 19.0 Å². The Labute approximate surface area is 180 Å². The maximum atomic E-state index is 13.5. The Morgan fingerprint density at radius 1 is 1.16 bits per heavy atom. The molecule has 0 spiro atoms. The molecule has 3 aromatic rings. The van der Waals surface area contributed by atoms with Crippen LogP contribution in [0.1, 0.15) is 31.0 Å². The van der Waals surface area contributed by atoms with Gasteiger partial charge < -0.3 is 14.9 Å². The van der Waals surface area contributed by atoms with Crippen LogP contribution in [0, 0.1) is 5.82 Å². The first-order chi connectivity index (χ1) is 15.2. The maximum absolute atomic E-state index is 13.5. The van der Waals surface area contributed by atoms with E-state index in [9.17, 15) is 22.8 Å². The van der Waals surface area contributed by atoms with E-state index in [0.717, 1.165) is 23.7 Å². The van der Waals surface area contributed by atoms with E-state index < -0.39 is 30.1 Å². The minimum absolute atomic E-state index is 0.296. The number of rotatable bonds is 9. The molecule has 1 aromatic carbocycles. The Balaban J connectivity index is 0.000000390. The van der Waals surface area contributed by atoms with E-state index in [1.807, 2.05) is 6.92 Å². The quantitative estimate of drug-likeness (QED) is 0.451. The van der Waals surface area contributed by atoms with Gasteiger partial charge in [0, 0.05) is 11.8 Å². The number of alkyl halides is 2. The number of aromatic amines is 1. The molecule has 32 heavy (non-hydrogen) atoms. The van der Waals surface area contributed by atoms with Crippen LogP contribution in [-0.2, 0) is 22.6 Å². The molecule has 0 atom stereocenters. The van der Waals surface area contributed by atoms with Crippen molar-refractivity contribution in [3.05, 3.63) is 53.9 Å². The number of H-pyrrole nitrogens is 1. The molecular formula is C20H21F3N4O5. The molecule has 0 aliphatic heterocycles. The number of aromatic nitrogens is 4. The summed E-state index contributed by atoms with van der Waals surface area (Å²) in [7, 11) is 0. The summed E-state index contributed by atoms with van der Waals surface area (Å²) in [5.74, 6) is -3.48. The van der Waals surface area contributed by atoms with E-state index in [-0.39, 0.29) is 12.8 Å². The van der Waals surface area contributed by atoms with Gasteiger partial charge in [-0.3, -0.25) is 19.4 Å². The van der Waals surface area contributed by atoms with Crippen molar-refractivity contribution in [2.45, 2.75) is 39.3 Å². The van der Waals surface area contributed by atoms with Gasteiger partial charge in [0.05, 0.1) is 37.5 Å². The van der Waals surface area contributed by atoms with E-state index in [2.05, 4.69) is 20.0 Å². The fourth-order valence-electron chi connectivity index (χ4n) is 2.62. The molecule has 2 aromatic heterocycles. The van der Waals surface area contributed by atoms with E-state index in [0.29, 0.717) is 17.7 Å². The van der Waals surface area contributed by atoms with Crippen LogP contribution in [0.4, 0.5) is 13.2 Å². The van der Waals surface area contributed by atoms with Gasteiger partial charge in [0.2, 0.25) is 0 Å². The number of carbonyl (C=O) groups is 2. The van der Waals surface area contributed by atoms with Gasteiger partial charge >= 0.3 is 18.6 Å². The molecule has 0 aliphatic rings. The summed E-state index contributed by atoms with van der Waals surface area (Å²) in [4.78, 5) is 19.3. The lowest BCUT2D eigenvalue weighted by atomic mass is 10.1. The number of benzene rings is 1. The van der Waals surface area contributed by atoms with Gasteiger partial charge in [-0.1, -0.05) is 13.0 Å². The number of halogens is 3. The average Bonchev–Trinajstić information content (AvgIpc) is 3.38. The molecular weight excluding hydrogens is 433 g/mol. The molecule has 2 heterocycles. The van der Waals surface area contributed by atoms with Crippen molar-refractivity contribution in [1.82, 2.24) is 20.0 Å². The Hall–Kier alpha value is -3.83. The third-order valence-electron chi connectivity index (χ3n) is 4.18. The molecule has 0 radical (unpaired) electrons. The molecule has 0 bridgehead atoms. The molecule has 12 heteroatoms. The molecule has 3 rings (SSSR count). The number of aliphatic carboxylic acids is 2. The number of hydrogen-bond acceptors (Lipinski definition) is 5. The number of nitrogens with zero attached hydrogens (tertiary/aromatic N) is 3. The molecule has 9 nitrogen and oxygen atoms in total. The number of carboxylic acid groups (broad SMARTS) is 2. The Morgan fingerprint density at radius 3 is 2.44 bits per heavy atom. The third-order valence-corrected chi connectivity index (χ3v) is 4.18. The number of carboxylic acids is 2. The molecule has 3 N–H and O–H groups in total. The highest BCUT2D eigenvalue weighted by atomic mass is 19.3. The highest BCUT2D eigenvalue weighted by Gasteiger charge is 2.13. The number of ether oxygens (including phenoxy) is 1. The third kappa shape index (κ3) is 7.45. The van der Waals surface area contributed by atoms with E-state index in [1.54, 1.807) is 23.3 Å². The first-order valence-electron chi connectivity index (χ1n) is 9.41. The topological polar surface area (TPSA) is 130 Å². The van der Waals surface area contributed by atoms with Crippen LogP contribution in [0.5, 0.6) is 5.75 Å². The first-order valence-corrected chi connectivity index (χ1v) is 9.41. The summed E-state index contributed by atoms with van der Waals surface area (Å²) in [6, 6.07) is 3.81. The average molecular weight is 454 g/mol. The monoisotopic (exact) mass is 454 g/mol. The Kier molecular flexibility index (Phi) is 8.81. The van der Waals surface area contributed by atoms with E-state index >= 15 is 0 Å². The molecule has 0 fully saturated rings. The van der Waals surface area contributed by atoms with E-state index in [4.69, 9.17) is 10.2 Å². The van der Waals surface area contributed by atoms with Gasteiger partial charge in [-0.15, -0.1) is 0 Å². The van der Waals surface area contributed by atoms with Crippen molar-refractivity contribution in [2.75, 3.05) is 0 Å². The van der Waals surface area contributed by atoms with Crippen molar-refractivity contribution < 1.29 is 37.7 Å². The van der Waals surface area contributed by atoms with Crippen LogP contribution in [0.25, 0.3) is 11.1 Å². The molecule has 0 amide bonds. The highest BCUT2D eigenvalue weighted by molar-refractivity contribution is 5.75. The Bertz CT molecular complexity index is 1040. The summed E-state index contributed by atoms with van der Waals surface area (Å²) >= 11 is 0. The van der Waals surface area contributed by atoms with Gasteiger partial charge in [0.25, 0.3) is 0 Å². The number of hydrogen-bond donors (Lipinski definition) is 3. The maximum Gasteiger partial charge on any atom is 0.387 e. The first kappa shape index (κ1) is 24.4. The minimum atomic E-state index is -3.08. The summed E-state index contributed by atoms with van der Waals surface area (Å²) < 4.78 is 44.0. The fourth-order valence-corrected chi connectivity index (χ4v) is 2.62. The summed E-state index contributed by atoms with van der Waals surface area (Å²) in [6.45, 7) is -0.540. The lowest BCUT2D eigenvalue weighted by Gasteiger charge is -2.07. The Morgan fingerprint density at radius 2 is 1.84 bits per heavy atom. The zero-order chi connectivity index (χ0) is 23.7. The van der Waals surface area contributed by atoms with E-state index in [1.165, 1.54) is 12.1 Å². The second kappa shape index (κ2) is 11.5. The molecule has 0 saturated heterocycles. The lowest BCUT2D eigenvalue weighted by Crippen LogP contribution is -2.03. The van der Waals surface area contributed by atoms with Gasteiger partial charge in [0.1, 0.15) is 0 Å². The minimum Gasteiger partial charge on any atom is -0.481 e. The number of aryl methyl sites for hydroxylation is 1. The van der Waals surface area contributed by atoms with Gasteiger partial charge in [-0.25, -0.2) is 4.39 Å². The largest absolute Gasteiger partial charge is 0.481 e. The van der Waals surface area contributed by atoms with Gasteiger partial charge in [0.15, 0.2) is 11.6 Å². The lowest BCUT2D eigenvalue weighted by molar-refractivity contribution is -0.143. The summed E-state index contributed by atoms with van der Waals surface area (Å²) in [5.41, 5.74) is 3.26. The predicted octanol–water partition coefficient (Wildman–Crippen LogP) is 3.56.